The highest BCUT2D eigenvalue weighted by molar-refractivity contribution is 5.83. The molecule has 2 heterocycles. The van der Waals surface area contributed by atoms with Crippen molar-refractivity contribution < 1.29 is 14.6 Å². The van der Waals surface area contributed by atoms with E-state index in [2.05, 4.69) is 4.98 Å². The average Bonchev–Trinajstić information content (AvgIpc) is 3.07. The number of fused-ring (bicyclic) bond motifs is 2. The summed E-state index contributed by atoms with van der Waals surface area (Å²) in [5, 5.41) is 10.4. The molecule has 0 fully saturated rings. The highest BCUT2D eigenvalue weighted by Crippen LogP contribution is 2.37. The number of aliphatic hydroxyl groups excluding tert-OH is 1. The minimum atomic E-state index is -0.636. The van der Waals surface area contributed by atoms with Crippen LogP contribution in [0.15, 0.2) is 42.7 Å². The van der Waals surface area contributed by atoms with Crippen molar-refractivity contribution in [1.29, 1.82) is 0 Å². The molecule has 0 amide bonds. The first-order valence-corrected chi connectivity index (χ1v) is 7.53. The first kappa shape index (κ1) is 14.0. The van der Waals surface area contributed by atoms with Gasteiger partial charge in [0.15, 0.2) is 23.8 Å². The van der Waals surface area contributed by atoms with Crippen molar-refractivity contribution in [3.63, 3.8) is 0 Å². The summed E-state index contributed by atoms with van der Waals surface area (Å²) in [6.45, 7) is 1.89. The van der Waals surface area contributed by atoms with Gasteiger partial charge in [0.1, 0.15) is 0 Å². The topological polar surface area (TPSA) is 63.8 Å². The Bertz CT molecular complexity index is 900. The molecule has 0 spiro atoms. The van der Waals surface area contributed by atoms with Gasteiger partial charge in [-0.15, -0.1) is 0 Å². The Labute approximate surface area is 133 Å². The quantitative estimate of drug-likeness (QED) is 0.755. The summed E-state index contributed by atoms with van der Waals surface area (Å²) in [4.78, 5) is 15.8. The number of hydrogen-bond donors (Lipinski definition) is 1. The monoisotopic (exact) mass is 308 g/mol. The minimum absolute atomic E-state index is 0.413. The lowest BCUT2D eigenvalue weighted by Crippen LogP contribution is -2.20. The molecule has 3 aromatic rings. The van der Waals surface area contributed by atoms with Crippen molar-refractivity contribution in [2.24, 2.45) is 0 Å². The molecule has 2 aromatic heterocycles. The summed E-state index contributed by atoms with van der Waals surface area (Å²) >= 11 is 0. The van der Waals surface area contributed by atoms with Crippen molar-refractivity contribution in [3.8, 4) is 5.75 Å². The number of ether oxygens (including phenoxy) is 1. The molecule has 1 aliphatic carbocycles. The fourth-order valence-corrected chi connectivity index (χ4v) is 3.18. The second-order valence-corrected chi connectivity index (χ2v) is 5.84. The van der Waals surface area contributed by atoms with Crippen LogP contribution in [0.25, 0.3) is 5.65 Å². The number of pyridine rings is 1. The molecular weight excluding hydrogens is 292 g/mol. The number of hydrogen-bond acceptors (Lipinski definition) is 4. The number of aryl methyl sites for hydroxylation is 1. The van der Waals surface area contributed by atoms with E-state index < -0.39 is 12.2 Å². The summed E-state index contributed by atoms with van der Waals surface area (Å²) in [5.41, 5.74) is 3.89. The van der Waals surface area contributed by atoms with Crippen LogP contribution in [0.2, 0.25) is 0 Å². The Balaban J connectivity index is 1.82. The normalized spacial score (nSPS) is 19.7. The van der Waals surface area contributed by atoms with E-state index >= 15 is 0 Å². The molecule has 4 rings (SSSR count). The van der Waals surface area contributed by atoms with Crippen LogP contribution in [-0.4, -0.2) is 26.9 Å². The summed E-state index contributed by atoms with van der Waals surface area (Å²) in [6, 6.07) is 9.51. The van der Waals surface area contributed by atoms with Gasteiger partial charge in [0, 0.05) is 18.8 Å². The Morgan fingerprint density at radius 1 is 1.35 bits per heavy atom. The standard InChI is InChI=1S/C18H16N2O3/c1-11-9-20-7-6-13(10-21)16(18(20)19-11)23-17-14-5-3-2-4-12(14)8-15(17)22/h2-7,9-10,15,17,22H,8H2,1H3/t15-,17-/m1/s1. The molecule has 1 N–H and O–H groups in total. The van der Waals surface area contributed by atoms with Crippen molar-refractivity contribution in [2.45, 2.75) is 25.6 Å². The largest absolute Gasteiger partial charge is 0.478 e. The van der Waals surface area contributed by atoms with E-state index in [-0.39, 0.29) is 0 Å². The average molecular weight is 308 g/mol. The second kappa shape index (κ2) is 5.21. The predicted octanol–water partition coefficient (Wildman–Crippen LogP) is 2.49. The number of aldehydes is 1. The van der Waals surface area contributed by atoms with E-state index in [9.17, 15) is 9.90 Å². The van der Waals surface area contributed by atoms with Gasteiger partial charge in [-0.2, -0.15) is 0 Å². The summed E-state index contributed by atoms with van der Waals surface area (Å²) < 4.78 is 7.92. The molecule has 0 unspecified atom stereocenters. The number of carbonyl (C=O) groups excluding carboxylic acids is 1. The molecule has 1 aliphatic rings. The van der Waals surface area contributed by atoms with Gasteiger partial charge in [-0.05, 0) is 24.1 Å². The van der Waals surface area contributed by atoms with Crippen LogP contribution >= 0.6 is 0 Å². The van der Waals surface area contributed by atoms with Gasteiger partial charge >= 0.3 is 0 Å². The van der Waals surface area contributed by atoms with E-state index in [0.717, 1.165) is 23.1 Å². The maximum atomic E-state index is 11.4. The first-order valence-electron chi connectivity index (χ1n) is 7.53. The lowest BCUT2D eigenvalue weighted by molar-refractivity contribution is 0.0496. The van der Waals surface area contributed by atoms with Crippen LogP contribution in [0.1, 0.15) is 33.3 Å². The molecule has 116 valence electrons. The van der Waals surface area contributed by atoms with Crippen LogP contribution in [0, 0.1) is 6.92 Å². The highest BCUT2D eigenvalue weighted by atomic mass is 16.5. The van der Waals surface area contributed by atoms with Crippen molar-refractivity contribution in [3.05, 3.63) is 65.1 Å². The fraction of sp³-hybridized carbons (Fsp3) is 0.222. The zero-order chi connectivity index (χ0) is 16.0. The smallest absolute Gasteiger partial charge is 0.180 e. The van der Waals surface area contributed by atoms with E-state index in [1.54, 1.807) is 12.3 Å². The number of rotatable bonds is 3. The summed E-state index contributed by atoms with van der Waals surface area (Å²) in [6.07, 6.45) is 3.83. The molecule has 0 radical (unpaired) electrons. The van der Waals surface area contributed by atoms with E-state index in [4.69, 9.17) is 4.74 Å². The minimum Gasteiger partial charge on any atom is -0.478 e. The van der Waals surface area contributed by atoms with Crippen LogP contribution in [0.5, 0.6) is 5.75 Å². The highest BCUT2D eigenvalue weighted by Gasteiger charge is 2.33. The van der Waals surface area contributed by atoms with E-state index in [0.29, 0.717) is 23.4 Å². The number of nitrogens with zero attached hydrogens (tertiary/aromatic N) is 2. The third-order valence-electron chi connectivity index (χ3n) is 4.24. The Hall–Kier alpha value is -2.66. The van der Waals surface area contributed by atoms with Gasteiger partial charge in [0.25, 0.3) is 0 Å². The van der Waals surface area contributed by atoms with Gasteiger partial charge in [0.2, 0.25) is 0 Å². The Morgan fingerprint density at radius 2 is 2.17 bits per heavy atom. The lowest BCUT2D eigenvalue weighted by atomic mass is 10.1. The molecule has 0 bridgehead atoms. The van der Waals surface area contributed by atoms with Crippen molar-refractivity contribution >= 4 is 11.9 Å². The number of aliphatic hydroxyl groups is 1. The molecule has 2 atom stereocenters. The van der Waals surface area contributed by atoms with E-state index in [1.807, 2.05) is 41.8 Å². The Kier molecular flexibility index (Phi) is 3.16. The van der Waals surface area contributed by atoms with Crippen molar-refractivity contribution in [1.82, 2.24) is 9.38 Å². The van der Waals surface area contributed by atoms with Gasteiger partial charge in [-0.1, -0.05) is 24.3 Å². The first-order chi connectivity index (χ1) is 11.2. The number of aromatic nitrogens is 2. The molecule has 0 aliphatic heterocycles. The molecule has 5 nitrogen and oxygen atoms in total. The zero-order valence-corrected chi connectivity index (χ0v) is 12.6. The molecule has 0 saturated carbocycles. The second-order valence-electron chi connectivity index (χ2n) is 5.84. The molecular formula is C18H16N2O3. The van der Waals surface area contributed by atoms with Gasteiger partial charge in [-0.3, -0.25) is 4.79 Å². The lowest BCUT2D eigenvalue weighted by Gasteiger charge is -2.19. The fourth-order valence-electron chi connectivity index (χ4n) is 3.18. The maximum absolute atomic E-state index is 11.4. The predicted molar refractivity (Wildman–Crippen MR) is 84.8 cm³/mol. The SMILES string of the molecule is Cc1cn2ccc(C=O)c(O[C@@H]3c4ccccc4C[C@H]3O)c2n1. The van der Waals surface area contributed by atoms with Crippen LogP contribution in [0.3, 0.4) is 0 Å². The van der Waals surface area contributed by atoms with Crippen molar-refractivity contribution in [2.75, 3.05) is 0 Å². The molecule has 5 heteroatoms. The molecule has 23 heavy (non-hydrogen) atoms. The third-order valence-corrected chi connectivity index (χ3v) is 4.24. The van der Waals surface area contributed by atoms with Crippen LogP contribution < -0.4 is 4.74 Å². The van der Waals surface area contributed by atoms with Gasteiger partial charge in [-0.25, -0.2) is 4.98 Å². The Morgan fingerprint density at radius 3 is 3.00 bits per heavy atom. The molecule has 0 saturated heterocycles. The van der Waals surface area contributed by atoms with E-state index in [1.165, 1.54) is 0 Å². The van der Waals surface area contributed by atoms with Crippen LogP contribution in [0.4, 0.5) is 0 Å². The van der Waals surface area contributed by atoms with Gasteiger partial charge in [0.05, 0.1) is 17.4 Å². The van der Waals surface area contributed by atoms with Crippen LogP contribution in [-0.2, 0) is 6.42 Å². The zero-order valence-electron chi connectivity index (χ0n) is 12.6. The van der Waals surface area contributed by atoms with Gasteiger partial charge < -0.3 is 14.2 Å². The number of benzene rings is 1. The number of imidazole rings is 1. The number of carbonyl (C=O) groups is 1. The molecule has 1 aromatic carbocycles. The summed E-state index contributed by atoms with van der Waals surface area (Å²) in [7, 11) is 0. The third kappa shape index (κ3) is 2.21. The maximum Gasteiger partial charge on any atom is 0.180 e. The summed E-state index contributed by atoms with van der Waals surface area (Å²) in [5.74, 6) is 0.413.